The second-order valence-corrected chi connectivity index (χ2v) is 4.34. The Kier molecular flexibility index (Phi) is 4.18. The smallest absolute Gasteiger partial charge is 0.337 e. The van der Waals surface area contributed by atoms with Crippen LogP contribution in [0.3, 0.4) is 0 Å². The summed E-state index contributed by atoms with van der Waals surface area (Å²) in [7, 11) is 0. The quantitative estimate of drug-likeness (QED) is 0.809. The number of carbonyl (C=O) groups is 2. The molecule has 2 aromatic rings. The molecule has 0 fully saturated rings. The zero-order chi connectivity index (χ0) is 15.4. The molecule has 0 bridgehead atoms. The van der Waals surface area contributed by atoms with Crippen LogP contribution in [0.1, 0.15) is 15.9 Å². The minimum absolute atomic E-state index is 0.0244. The lowest BCUT2D eigenvalue weighted by Gasteiger charge is -2.11. The van der Waals surface area contributed by atoms with Crippen molar-refractivity contribution in [1.82, 2.24) is 0 Å². The van der Waals surface area contributed by atoms with Gasteiger partial charge in [-0.3, -0.25) is 0 Å². The fourth-order valence-electron chi connectivity index (χ4n) is 1.80. The summed E-state index contributed by atoms with van der Waals surface area (Å²) in [6, 6.07) is 9.70. The van der Waals surface area contributed by atoms with Crippen LogP contribution in [-0.4, -0.2) is 17.1 Å². The Balaban J connectivity index is 2.16. The monoisotopic (exact) mass is 288 g/mol. The number of hydrogen-bond donors (Lipinski definition) is 3. The molecule has 0 atom stereocenters. The Bertz CT molecular complexity index is 701. The first-order chi connectivity index (χ1) is 9.99. The first-order valence-electron chi connectivity index (χ1n) is 6.14. The Morgan fingerprint density at radius 1 is 1.00 bits per heavy atom. The van der Waals surface area contributed by atoms with E-state index in [1.807, 2.05) is 0 Å². The number of nitrogens with one attached hydrogen (secondary N) is 2. The van der Waals surface area contributed by atoms with E-state index in [1.54, 1.807) is 18.2 Å². The van der Waals surface area contributed by atoms with Crippen molar-refractivity contribution in [3.63, 3.8) is 0 Å². The molecule has 3 N–H and O–H groups in total. The third-order valence-corrected chi connectivity index (χ3v) is 2.92. The molecule has 0 spiro atoms. The van der Waals surface area contributed by atoms with E-state index in [4.69, 9.17) is 5.11 Å². The van der Waals surface area contributed by atoms with Crippen LogP contribution in [0.5, 0.6) is 0 Å². The molecule has 6 heteroatoms. The molecule has 0 aliphatic carbocycles. The van der Waals surface area contributed by atoms with Gasteiger partial charge >= 0.3 is 12.0 Å². The zero-order valence-corrected chi connectivity index (χ0v) is 11.2. The molecule has 0 aliphatic heterocycles. The van der Waals surface area contributed by atoms with Crippen molar-refractivity contribution in [3.8, 4) is 0 Å². The van der Waals surface area contributed by atoms with Gasteiger partial charge in [0.15, 0.2) is 0 Å². The lowest BCUT2D eigenvalue weighted by molar-refractivity contribution is 0.0698. The summed E-state index contributed by atoms with van der Waals surface area (Å²) in [6.07, 6.45) is 0. The van der Waals surface area contributed by atoms with E-state index in [1.165, 1.54) is 31.2 Å². The van der Waals surface area contributed by atoms with Crippen LogP contribution in [-0.2, 0) is 0 Å². The van der Waals surface area contributed by atoms with Crippen LogP contribution in [0.15, 0.2) is 42.5 Å². The second kappa shape index (κ2) is 6.04. The van der Waals surface area contributed by atoms with E-state index < -0.39 is 17.8 Å². The van der Waals surface area contributed by atoms with Gasteiger partial charge in [-0.1, -0.05) is 18.2 Å². The fraction of sp³-hybridized carbons (Fsp3) is 0.0667. The van der Waals surface area contributed by atoms with Crippen LogP contribution in [0.4, 0.5) is 20.6 Å². The lowest BCUT2D eigenvalue weighted by Crippen LogP contribution is -2.21. The highest BCUT2D eigenvalue weighted by Crippen LogP contribution is 2.19. The average molecular weight is 288 g/mol. The van der Waals surface area contributed by atoms with Gasteiger partial charge in [-0.25, -0.2) is 14.0 Å². The minimum atomic E-state index is -1.15. The summed E-state index contributed by atoms with van der Waals surface area (Å²) in [6.45, 7) is 1.54. The maximum Gasteiger partial charge on any atom is 0.337 e. The largest absolute Gasteiger partial charge is 0.478 e. The molecule has 0 saturated carbocycles. The number of aromatic carboxylic acids is 1. The Hall–Kier alpha value is -2.89. The molecule has 5 nitrogen and oxygen atoms in total. The number of carboxylic acid groups (broad SMARTS) is 1. The molecule has 2 amide bonds. The number of urea groups is 1. The van der Waals surface area contributed by atoms with Crippen molar-refractivity contribution >= 4 is 23.4 Å². The molecule has 0 aromatic heterocycles. The Morgan fingerprint density at radius 3 is 2.33 bits per heavy atom. The Labute approximate surface area is 120 Å². The van der Waals surface area contributed by atoms with Gasteiger partial charge in [0, 0.05) is 11.3 Å². The molecule has 0 radical (unpaired) electrons. The van der Waals surface area contributed by atoms with Gasteiger partial charge in [0.25, 0.3) is 0 Å². The van der Waals surface area contributed by atoms with Crippen LogP contribution in [0.2, 0.25) is 0 Å². The normalized spacial score (nSPS) is 10.0. The molecule has 0 heterocycles. The van der Waals surface area contributed by atoms with E-state index in [2.05, 4.69) is 10.6 Å². The Morgan fingerprint density at radius 2 is 1.62 bits per heavy atom. The highest BCUT2D eigenvalue weighted by Gasteiger charge is 2.12. The molecular formula is C15H13FN2O3. The van der Waals surface area contributed by atoms with Gasteiger partial charge in [0.1, 0.15) is 5.82 Å². The first kappa shape index (κ1) is 14.5. The number of carbonyl (C=O) groups excluding carboxylic acids is 1. The third-order valence-electron chi connectivity index (χ3n) is 2.92. The highest BCUT2D eigenvalue weighted by molar-refractivity contribution is 6.04. The predicted molar refractivity (Wildman–Crippen MR) is 77.2 cm³/mol. The number of halogens is 1. The number of rotatable bonds is 3. The van der Waals surface area contributed by atoms with Crippen molar-refractivity contribution in [2.45, 2.75) is 6.92 Å². The van der Waals surface area contributed by atoms with Gasteiger partial charge < -0.3 is 15.7 Å². The van der Waals surface area contributed by atoms with Gasteiger partial charge in [-0.2, -0.15) is 0 Å². The number of carboxylic acids is 1. The first-order valence-corrected chi connectivity index (χ1v) is 6.14. The summed E-state index contributed by atoms with van der Waals surface area (Å²) in [5, 5.41) is 13.9. The zero-order valence-electron chi connectivity index (χ0n) is 11.2. The summed E-state index contributed by atoms with van der Waals surface area (Å²) >= 11 is 0. The van der Waals surface area contributed by atoms with Crippen LogP contribution >= 0.6 is 0 Å². The summed E-state index contributed by atoms with van der Waals surface area (Å²) in [5.74, 6) is -1.58. The highest BCUT2D eigenvalue weighted by atomic mass is 19.1. The molecule has 0 unspecified atom stereocenters. The van der Waals surface area contributed by atoms with Crippen LogP contribution in [0.25, 0.3) is 0 Å². The molecule has 2 rings (SSSR count). The number of benzene rings is 2. The van der Waals surface area contributed by atoms with Crippen molar-refractivity contribution in [2.75, 3.05) is 10.6 Å². The van der Waals surface area contributed by atoms with Gasteiger partial charge in [-0.15, -0.1) is 0 Å². The van der Waals surface area contributed by atoms with E-state index in [0.717, 1.165) is 0 Å². The van der Waals surface area contributed by atoms with Crippen molar-refractivity contribution in [1.29, 1.82) is 0 Å². The summed E-state index contributed by atoms with van der Waals surface area (Å²) in [5.41, 5.74) is 0.764. The summed E-state index contributed by atoms with van der Waals surface area (Å²) in [4.78, 5) is 22.9. The van der Waals surface area contributed by atoms with Crippen LogP contribution in [0, 0.1) is 12.7 Å². The number of anilines is 2. The fourth-order valence-corrected chi connectivity index (χ4v) is 1.80. The van der Waals surface area contributed by atoms with Gasteiger partial charge in [-0.05, 0) is 31.2 Å². The minimum Gasteiger partial charge on any atom is -0.478 e. The molecular weight excluding hydrogens is 275 g/mol. The molecule has 2 aromatic carbocycles. The van der Waals surface area contributed by atoms with E-state index in [9.17, 15) is 14.0 Å². The topological polar surface area (TPSA) is 78.4 Å². The van der Waals surface area contributed by atoms with Crippen LogP contribution < -0.4 is 10.6 Å². The maximum atomic E-state index is 13.4. The number of amides is 2. The lowest BCUT2D eigenvalue weighted by atomic mass is 10.2. The second-order valence-electron chi connectivity index (χ2n) is 4.34. The summed E-state index contributed by atoms with van der Waals surface area (Å²) < 4.78 is 13.4. The number of hydrogen-bond acceptors (Lipinski definition) is 2. The van der Waals surface area contributed by atoms with Crippen molar-refractivity contribution < 1.29 is 19.1 Å². The van der Waals surface area contributed by atoms with E-state index in [0.29, 0.717) is 11.3 Å². The number of para-hydroxylation sites is 1. The SMILES string of the molecule is Cc1c(F)cccc1NC(=O)Nc1ccccc1C(=O)O. The van der Waals surface area contributed by atoms with E-state index in [-0.39, 0.29) is 11.3 Å². The van der Waals surface area contributed by atoms with E-state index >= 15 is 0 Å². The standard InChI is InChI=1S/C15H13FN2O3/c1-9-11(16)6-4-8-12(9)17-15(21)18-13-7-3-2-5-10(13)14(19)20/h2-8H,1H3,(H,19,20)(H2,17,18,21). The third kappa shape index (κ3) is 3.36. The molecule has 0 aliphatic rings. The maximum absolute atomic E-state index is 13.4. The van der Waals surface area contributed by atoms with Gasteiger partial charge in [0.05, 0.1) is 11.3 Å². The van der Waals surface area contributed by atoms with Gasteiger partial charge in [0.2, 0.25) is 0 Å². The molecule has 108 valence electrons. The van der Waals surface area contributed by atoms with Crippen molar-refractivity contribution in [3.05, 3.63) is 59.4 Å². The predicted octanol–water partition coefficient (Wildman–Crippen LogP) is 3.48. The average Bonchev–Trinajstić information content (AvgIpc) is 2.44. The molecule has 21 heavy (non-hydrogen) atoms. The molecule has 0 saturated heterocycles. The van der Waals surface area contributed by atoms with Crippen molar-refractivity contribution in [2.24, 2.45) is 0 Å².